The fourth-order valence-corrected chi connectivity index (χ4v) is 2.67. The molecule has 0 aliphatic rings. The molecular weight excluding hydrogens is 328 g/mol. The van der Waals surface area contributed by atoms with Gasteiger partial charge in [-0.2, -0.15) is 0 Å². The fraction of sp³-hybridized carbons (Fsp3) is 0.333. The molecule has 2 amide bonds. The molecule has 0 fully saturated rings. The van der Waals surface area contributed by atoms with Crippen molar-refractivity contribution in [2.75, 3.05) is 6.61 Å². The van der Waals surface area contributed by atoms with Gasteiger partial charge in [-0.3, -0.25) is 9.59 Å². The third kappa shape index (κ3) is 5.34. The van der Waals surface area contributed by atoms with E-state index in [1.165, 1.54) is 5.56 Å². The maximum Gasteiger partial charge on any atom is 0.258 e. The van der Waals surface area contributed by atoms with Gasteiger partial charge in [-0.1, -0.05) is 45.0 Å². The number of rotatable bonds is 8. The van der Waals surface area contributed by atoms with Gasteiger partial charge in [0.25, 0.3) is 5.91 Å². The molecule has 0 radical (unpaired) electrons. The van der Waals surface area contributed by atoms with Crippen LogP contribution in [0.15, 0.2) is 48.5 Å². The van der Waals surface area contributed by atoms with Crippen molar-refractivity contribution >= 4 is 11.8 Å². The second-order valence-corrected chi connectivity index (χ2v) is 6.56. The number of carbonyl (C=O) groups is 2. The van der Waals surface area contributed by atoms with Crippen molar-refractivity contribution in [3.05, 3.63) is 65.2 Å². The molecule has 0 aromatic heterocycles. The minimum Gasteiger partial charge on any atom is -0.484 e. The van der Waals surface area contributed by atoms with Crippen LogP contribution < -0.4 is 15.8 Å². The van der Waals surface area contributed by atoms with Gasteiger partial charge in [0.15, 0.2) is 6.61 Å². The molecular formula is C21H26N2O3. The highest BCUT2D eigenvalue weighted by molar-refractivity contribution is 5.92. The first-order valence-corrected chi connectivity index (χ1v) is 8.81. The van der Waals surface area contributed by atoms with Gasteiger partial charge in [0.05, 0.1) is 6.04 Å². The normalized spacial score (nSPS) is 11.8. The molecule has 0 aliphatic heterocycles. The zero-order valence-corrected chi connectivity index (χ0v) is 15.5. The van der Waals surface area contributed by atoms with E-state index in [4.69, 9.17) is 10.5 Å². The van der Waals surface area contributed by atoms with Crippen LogP contribution in [0, 0.1) is 5.92 Å². The van der Waals surface area contributed by atoms with Crippen LogP contribution in [0.4, 0.5) is 0 Å². The standard InChI is InChI=1S/C21H26N2O3/c1-4-15-5-7-16(8-6-15)20(14(2)3)23-19(24)13-26-18-11-9-17(10-12-18)21(22)25/h5-12,14,20H,4,13H2,1-3H3,(H2,22,25)(H,23,24)/t20-/m0/s1. The highest BCUT2D eigenvalue weighted by Gasteiger charge is 2.18. The predicted octanol–water partition coefficient (Wildman–Crippen LogP) is 3.24. The van der Waals surface area contributed by atoms with Crippen molar-refractivity contribution < 1.29 is 14.3 Å². The maximum absolute atomic E-state index is 12.3. The van der Waals surface area contributed by atoms with E-state index in [2.05, 4.69) is 50.4 Å². The number of primary amides is 1. The summed E-state index contributed by atoms with van der Waals surface area (Å²) in [4.78, 5) is 23.3. The number of carbonyl (C=O) groups excluding carboxylic acids is 2. The predicted molar refractivity (Wildman–Crippen MR) is 102 cm³/mol. The summed E-state index contributed by atoms with van der Waals surface area (Å²) in [6, 6.07) is 14.6. The van der Waals surface area contributed by atoms with Crippen molar-refractivity contribution in [2.24, 2.45) is 11.7 Å². The fourth-order valence-electron chi connectivity index (χ4n) is 2.67. The summed E-state index contributed by atoms with van der Waals surface area (Å²) in [5.74, 6) is 0.0743. The van der Waals surface area contributed by atoms with Crippen LogP contribution >= 0.6 is 0 Å². The van der Waals surface area contributed by atoms with Crippen LogP contribution in [-0.2, 0) is 11.2 Å². The number of amides is 2. The van der Waals surface area contributed by atoms with Gasteiger partial charge < -0.3 is 15.8 Å². The Hall–Kier alpha value is -2.82. The van der Waals surface area contributed by atoms with Gasteiger partial charge in [-0.05, 0) is 47.7 Å². The Morgan fingerprint density at radius 3 is 2.15 bits per heavy atom. The molecule has 0 bridgehead atoms. The van der Waals surface area contributed by atoms with Crippen molar-refractivity contribution in [3.8, 4) is 5.75 Å². The van der Waals surface area contributed by atoms with E-state index < -0.39 is 5.91 Å². The summed E-state index contributed by atoms with van der Waals surface area (Å²) in [6.07, 6.45) is 0.987. The molecule has 26 heavy (non-hydrogen) atoms. The van der Waals surface area contributed by atoms with Crippen molar-refractivity contribution in [1.82, 2.24) is 5.32 Å². The van der Waals surface area contributed by atoms with Gasteiger partial charge in [0.1, 0.15) is 5.75 Å². The van der Waals surface area contributed by atoms with Gasteiger partial charge >= 0.3 is 0 Å². The Labute approximate surface area is 154 Å². The molecule has 2 aromatic rings. The molecule has 0 saturated carbocycles. The van der Waals surface area contributed by atoms with E-state index in [0.717, 1.165) is 12.0 Å². The molecule has 5 heteroatoms. The molecule has 2 aromatic carbocycles. The zero-order valence-electron chi connectivity index (χ0n) is 15.5. The molecule has 5 nitrogen and oxygen atoms in total. The van der Waals surface area contributed by atoms with Crippen molar-refractivity contribution in [3.63, 3.8) is 0 Å². The first-order valence-electron chi connectivity index (χ1n) is 8.81. The van der Waals surface area contributed by atoms with Crippen LogP contribution in [0.2, 0.25) is 0 Å². The van der Waals surface area contributed by atoms with E-state index in [1.54, 1.807) is 24.3 Å². The highest BCUT2D eigenvalue weighted by atomic mass is 16.5. The number of ether oxygens (including phenoxy) is 1. The second kappa shape index (κ2) is 9.04. The van der Waals surface area contributed by atoms with Crippen LogP contribution in [-0.4, -0.2) is 18.4 Å². The van der Waals surface area contributed by atoms with Crippen LogP contribution in [0.1, 0.15) is 48.3 Å². The van der Waals surface area contributed by atoms with E-state index in [9.17, 15) is 9.59 Å². The van der Waals surface area contributed by atoms with E-state index in [-0.39, 0.29) is 24.5 Å². The van der Waals surface area contributed by atoms with Crippen LogP contribution in [0.3, 0.4) is 0 Å². The SMILES string of the molecule is CCc1ccc([C@@H](NC(=O)COc2ccc(C(N)=O)cc2)C(C)C)cc1. The quantitative estimate of drug-likeness (QED) is 0.763. The first kappa shape index (κ1) is 19.5. The molecule has 0 saturated heterocycles. The molecule has 0 unspecified atom stereocenters. The molecule has 0 aliphatic carbocycles. The number of hydrogen-bond acceptors (Lipinski definition) is 3. The van der Waals surface area contributed by atoms with E-state index in [0.29, 0.717) is 11.3 Å². The average Bonchev–Trinajstić information content (AvgIpc) is 2.64. The zero-order chi connectivity index (χ0) is 19.1. The summed E-state index contributed by atoms with van der Waals surface area (Å²) < 4.78 is 5.49. The van der Waals surface area contributed by atoms with Crippen molar-refractivity contribution in [1.29, 1.82) is 0 Å². The van der Waals surface area contributed by atoms with Crippen molar-refractivity contribution in [2.45, 2.75) is 33.2 Å². The van der Waals surface area contributed by atoms with Crippen LogP contribution in [0.5, 0.6) is 5.75 Å². The number of nitrogens with two attached hydrogens (primary N) is 1. The summed E-state index contributed by atoms with van der Waals surface area (Å²) in [6.45, 7) is 6.17. The molecule has 1 atom stereocenters. The third-order valence-electron chi connectivity index (χ3n) is 4.24. The topological polar surface area (TPSA) is 81.4 Å². The molecule has 2 rings (SSSR count). The largest absolute Gasteiger partial charge is 0.484 e. The summed E-state index contributed by atoms with van der Waals surface area (Å²) >= 11 is 0. The lowest BCUT2D eigenvalue weighted by Crippen LogP contribution is -2.35. The number of nitrogens with one attached hydrogen (secondary N) is 1. The molecule has 3 N–H and O–H groups in total. The minimum atomic E-state index is -0.497. The van der Waals surface area contributed by atoms with Crippen LogP contribution in [0.25, 0.3) is 0 Å². The maximum atomic E-state index is 12.3. The molecule has 0 heterocycles. The second-order valence-electron chi connectivity index (χ2n) is 6.56. The van der Waals surface area contributed by atoms with Gasteiger partial charge in [-0.25, -0.2) is 0 Å². The van der Waals surface area contributed by atoms with Gasteiger partial charge in [-0.15, -0.1) is 0 Å². The lowest BCUT2D eigenvalue weighted by Gasteiger charge is -2.23. The number of hydrogen-bond donors (Lipinski definition) is 2. The Morgan fingerprint density at radius 2 is 1.65 bits per heavy atom. The van der Waals surface area contributed by atoms with E-state index in [1.807, 2.05) is 0 Å². The third-order valence-corrected chi connectivity index (χ3v) is 4.24. The lowest BCUT2D eigenvalue weighted by atomic mass is 9.95. The average molecular weight is 354 g/mol. The molecule has 138 valence electrons. The smallest absolute Gasteiger partial charge is 0.258 e. The first-order chi connectivity index (χ1) is 12.4. The summed E-state index contributed by atoms with van der Waals surface area (Å²) in [5, 5.41) is 3.03. The monoisotopic (exact) mass is 354 g/mol. The Morgan fingerprint density at radius 1 is 1.04 bits per heavy atom. The number of aryl methyl sites for hydroxylation is 1. The molecule has 0 spiro atoms. The highest BCUT2D eigenvalue weighted by Crippen LogP contribution is 2.22. The summed E-state index contributed by atoms with van der Waals surface area (Å²) in [7, 11) is 0. The van der Waals surface area contributed by atoms with Gasteiger partial charge in [0.2, 0.25) is 5.91 Å². The Bertz CT molecular complexity index is 737. The lowest BCUT2D eigenvalue weighted by molar-refractivity contribution is -0.124. The summed E-state index contributed by atoms with van der Waals surface area (Å²) in [5.41, 5.74) is 7.95. The van der Waals surface area contributed by atoms with Gasteiger partial charge in [0, 0.05) is 5.56 Å². The number of benzene rings is 2. The minimum absolute atomic E-state index is 0.0748. The van der Waals surface area contributed by atoms with E-state index >= 15 is 0 Å². The Balaban J connectivity index is 1.95. The Kier molecular flexibility index (Phi) is 6.78.